The molecule has 0 radical (unpaired) electrons. The summed E-state index contributed by atoms with van der Waals surface area (Å²) >= 11 is 0. The van der Waals surface area contributed by atoms with Crippen LogP contribution in [0.25, 0.3) is 21.5 Å². The van der Waals surface area contributed by atoms with Gasteiger partial charge in [0.1, 0.15) is 0 Å². The fourth-order valence-electron chi connectivity index (χ4n) is 2.63. The molecule has 3 aromatic carbocycles. The second kappa shape index (κ2) is 4.43. The first-order valence-electron chi connectivity index (χ1n) is 6.37. The molecule has 0 fully saturated rings. The summed E-state index contributed by atoms with van der Waals surface area (Å²) < 4.78 is 0. The summed E-state index contributed by atoms with van der Waals surface area (Å²) in [6.45, 7) is 2.27. The van der Waals surface area contributed by atoms with E-state index in [1.165, 1.54) is 21.7 Å². The van der Waals surface area contributed by atoms with Crippen LogP contribution in [0.15, 0.2) is 48.5 Å². The highest BCUT2D eigenvalue weighted by Crippen LogP contribution is 2.28. The van der Waals surface area contributed by atoms with Crippen LogP contribution in [-0.4, -0.2) is 5.11 Å². The maximum Gasteiger partial charge on any atom is 0.0687 e. The summed E-state index contributed by atoms with van der Waals surface area (Å²) in [7, 11) is 0. The molecule has 1 nitrogen and oxygen atoms in total. The van der Waals surface area contributed by atoms with Crippen LogP contribution in [0.5, 0.6) is 0 Å². The van der Waals surface area contributed by atoms with E-state index >= 15 is 0 Å². The van der Waals surface area contributed by atoms with Crippen molar-refractivity contribution in [2.45, 2.75) is 20.0 Å². The van der Waals surface area contributed by atoms with Crippen molar-refractivity contribution in [3.63, 3.8) is 0 Å². The van der Waals surface area contributed by atoms with Gasteiger partial charge < -0.3 is 5.11 Å². The van der Waals surface area contributed by atoms with Crippen molar-refractivity contribution < 1.29 is 5.11 Å². The summed E-state index contributed by atoms with van der Waals surface area (Å²) in [5.74, 6) is 0. The van der Waals surface area contributed by atoms with Gasteiger partial charge in [-0.25, -0.2) is 0 Å². The molecule has 3 rings (SSSR count). The zero-order valence-corrected chi connectivity index (χ0v) is 10.5. The zero-order chi connectivity index (χ0) is 12.5. The minimum atomic E-state index is 0.0944. The molecule has 0 aromatic heterocycles. The summed E-state index contributed by atoms with van der Waals surface area (Å²) in [4.78, 5) is 0. The second-order valence-electron chi connectivity index (χ2n) is 4.64. The lowest BCUT2D eigenvalue weighted by atomic mass is 9.96. The van der Waals surface area contributed by atoms with Crippen molar-refractivity contribution in [3.05, 3.63) is 59.7 Å². The van der Waals surface area contributed by atoms with E-state index in [-0.39, 0.29) is 6.61 Å². The quantitative estimate of drug-likeness (QED) is 0.665. The van der Waals surface area contributed by atoms with Gasteiger partial charge in [0, 0.05) is 0 Å². The number of hydrogen-bond acceptors (Lipinski definition) is 1. The van der Waals surface area contributed by atoms with Crippen LogP contribution in [0.1, 0.15) is 18.1 Å². The molecule has 0 bridgehead atoms. The lowest BCUT2D eigenvalue weighted by Crippen LogP contribution is -1.88. The van der Waals surface area contributed by atoms with Gasteiger partial charge in [0.05, 0.1) is 6.61 Å². The van der Waals surface area contributed by atoms with E-state index in [0.29, 0.717) is 0 Å². The van der Waals surface area contributed by atoms with E-state index in [1.807, 2.05) is 12.1 Å². The fraction of sp³-hybridized carbons (Fsp3) is 0.176. The van der Waals surface area contributed by atoms with Gasteiger partial charge in [-0.3, -0.25) is 0 Å². The van der Waals surface area contributed by atoms with Crippen LogP contribution in [0.2, 0.25) is 0 Å². The smallest absolute Gasteiger partial charge is 0.0687 e. The third-order valence-corrected chi connectivity index (χ3v) is 3.61. The molecule has 18 heavy (non-hydrogen) atoms. The standard InChI is InChI=1S/C17H16O/c1-2-12-5-3-6-13-9-14-7-4-8-15(11-18)17(14)10-16(12)13/h3-10,18H,2,11H2,1H3. The number of benzene rings is 3. The van der Waals surface area contributed by atoms with Gasteiger partial charge in [-0.1, -0.05) is 43.3 Å². The molecule has 0 atom stereocenters. The third kappa shape index (κ3) is 1.68. The SMILES string of the molecule is CCc1cccc2cc3cccc(CO)c3cc12. The Hall–Kier alpha value is -1.86. The van der Waals surface area contributed by atoms with Gasteiger partial charge in [0.2, 0.25) is 0 Å². The maximum absolute atomic E-state index is 9.43. The Bertz CT molecular complexity index is 654. The summed E-state index contributed by atoms with van der Waals surface area (Å²) in [5.41, 5.74) is 2.36. The fourth-order valence-corrected chi connectivity index (χ4v) is 2.63. The summed E-state index contributed by atoms with van der Waals surface area (Å²) in [6.07, 6.45) is 1.03. The van der Waals surface area contributed by atoms with Crippen LogP contribution < -0.4 is 0 Å². The molecule has 1 N–H and O–H groups in total. The molecule has 0 aliphatic heterocycles. The lowest BCUT2D eigenvalue weighted by molar-refractivity contribution is 0.283. The number of hydrogen-bond donors (Lipinski definition) is 1. The van der Waals surface area contributed by atoms with Crippen molar-refractivity contribution in [1.82, 2.24) is 0 Å². The van der Waals surface area contributed by atoms with E-state index in [4.69, 9.17) is 0 Å². The summed E-state index contributed by atoms with van der Waals surface area (Å²) in [6, 6.07) is 17.0. The van der Waals surface area contributed by atoms with Gasteiger partial charge in [0.25, 0.3) is 0 Å². The Balaban J connectivity index is 2.44. The molecular formula is C17H16O. The molecule has 0 aliphatic carbocycles. The van der Waals surface area contributed by atoms with Crippen molar-refractivity contribution in [2.75, 3.05) is 0 Å². The number of aliphatic hydroxyl groups excluding tert-OH is 1. The highest BCUT2D eigenvalue weighted by Gasteiger charge is 2.04. The Morgan fingerprint density at radius 1 is 0.833 bits per heavy atom. The molecular weight excluding hydrogens is 220 g/mol. The monoisotopic (exact) mass is 236 g/mol. The van der Waals surface area contributed by atoms with Crippen molar-refractivity contribution in [1.29, 1.82) is 0 Å². The average molecular weight is 236 g/mol. The average Bonchev–Trinajstić information content (AvgIpc) is 2.43. The van der Waals surface area contributed by atoms with Gasteiger partial charge in [-0.2, -0.15) is 0 Å². The third-order valence-electron chi connectivity index (χ3n) is 3.61. The normalized spacial score (nSPS) is 11.2. The lowest BCUT2D eigenvalue weighted by Gasteiger charge is -2.09. The Kier molecular flexibility index (Phi) is 2.77. The van der Waals surface area contributed by atoms with E-state index in [0.717, 1.165) is 17.4 Å². The van der Waals surface area contributed by atoms with Crippen molar-refractivity contribution in [3.8, 4) is 0 Å². The van der Waals surface area contributed by atoms with Crippen molar-refractivity contribution in [2.24, 2.45) is 0 Å². The number of fused-ring (bicyclic) bond motifs is 2. The first kappa shape index (κ1) is 11.2. The van der Waals surface area contributed by atoms with E-state index in [2.05, 4.69) is 43.3 Å². The van der Waals surface area contributed by atoms with Gasteiger partial charge >= 0.3 is 0 Å². The van der Waals surface area contributed by atoms with Gasteiger partial charge in [-0.05, 0) is 51.2 Å². The molecule has 0 unspecified atom stereocenters. The predicted molar refractivity (Wildman–Crippen MR) is 76.8 cm³/mol. The number of aryl methyl sites for hydroxylation is 1. The van der Waals surface area contributed by atoms with Gasteiger partial charge in [-0.15, -0.1) is 0 Å². The number of aliphatic hydroxyl groups is 1. The molecule has 90 valence electrons. The Morgan fingerprint density at radius 3 is 2.06 bits per heavy atom. The van der Waals surface area contributed by atoms with Gasteiger partial charge in [0.15, 0.2) is 0 Å². The molecule has 0 saturated heterocycles. The van der Waals surface area contributed by atoms with Crippen molar-refractivity contribution >= 4 is 21.5 Å². The maximum atomic E-state index is 9.43. The Labute approximate surface area is 107 Å². The van der Waals surface area contributed by atoms with E-state index in [9.17, 15) is 5.11 Å². The first-order chi connectivity index (χ1) is 8.83. The molecule has 0 heterocycles. The molecule has 0 aliphatic rings. The summed E-state index contributed by atoms with van der Waals surface area (Å²) in [5, 5.41) is 14.4. The highest BCUT2D eigenvalue weighted by molar-refractivity contribution is 6.00. The highest BCUT2D eigenvalue weighted by atomic mass is 16.3. The largest absolute Gasteiger partial charge is 0.392 e. The van der Waals surface area contributed by atoms with E-state index < -0.39 is 0 Å². The van der Waals surface area contributed by atoms with Crippen LogP contribution in [0.4, 0.5) is 0 Å². The minimum absolute atomic E-state index is 0.0944. The van der Waals surface area contributed by atoms with Crippen LogP contribution in [-0.2, 0) is 13.0 Å². The second-order valence-corrected chi connectivity index (χ2v) is 4.64. The van der Waals surface area contributed by atoms with Crippen LogP contribution in [0, 0.1) is 0 Å². The molecule has 0 amide bonds. The Morgan fingerprint density at radius 2 is 1.44 bits per heavy atom. The predicted octanol–water partition coefficient (Wildman–Crippen LogP) is 4.05. The molecule has 0 spiro atoms. The number of rotatable bonds is 2. The van der Waals surface area contributed by atoms with Crippen LogP contribution in [0.3, 0.4) is 0 Å². The molecule has 0 saturated carbocycles. The minimum Gasteiger partial charge on any atom is -0.392 e. The first-order valence-corrected chi connectivity index (χ1v) is 6.37. The van der Waals surface area contributed by atoms with E-state index in [1.54, 1.807) is 0 Å². The molecule has 1 heteroatoms. The zero-order valence-electron chi connectivity index (χ0n) is 10.5. The molecule has 3 aromatic rings. The van der Waals surface area contributed by atoms with Crippen LogP contribution >= 0.6 is 0 Å². The topological polar surface area (TPSA) is 20.2 Å².